The molecule has 82 valence electrons. The molecule has 0 saturated heterocycles. The Kier molecular flexibility index (Phi) is 2.70. The summed E-state index contributed by atoms with van der Waals surface area (Å²) in [5, 5.41) is 10.9. The molecule has 0 saturated carbocycles. The molecule has 1 aromatic heterocycles. The first-order valence-corrected chi connectivity index (χ1v) is 4.79. The number of nitrogens with zero attached hydrogens (tertiary/aromatic N) is 2. The minimum Gasteiger partial charge on any atom is -0.392 e. The zero-order valence-electron chi connectivity index (χ0n) is 8.59. The summed E-state index contributed by atoms with van der Waals surface area (Å²) in [6.45, 7) is -0.0217. The predicted octanol–water partition coefficient (Wildman–Crippen LogP) is 0.632. The van der Waals surface area contributed by atoms with Gasteiger partial charge in [-0.25, -0.2) is 4.98 Å². The van der Waals surface area contributed by atoms with Crippen molar-refractivity contribution in [3.8, 4) is 0 Å². The molecular weight excluding hydrogens is 204 g/mol. The number of aliphatic imine (C=N–C) groups is 1. The third-order valence-electron chi connectivity index (χ3n) is 2.23. The molecule has 1 heterocycles. The van der Waals surface area contributed by atoms with E-state index in [1.165, 1.54) is 0 Å². The van der Waals surface area contributed by atoms with Crippen molar-refractivity contribution >= 4 is 22.5 Å². The minimum absolute atomic E-state index is 0.0217. The van der Waals surface area contributed by atoms with Crippen LogP contribution in [-0.4, -0.2) is 16.1 Å². The van der Waals surface area contributed by atoms with Crippen molar-refractivity contribution in [1.82, 2.24) is 4.98 Å². The number of aromatic nitrogens is 1. The van der Waals surface area contributed by atoms with Crippen LogP contribution in [0.1, 0.15) is 5.56 Å². The van der Waals surface area contributed by atoms with Crippen LogP contribution in [0, 0.1) is 0 Å². The van der Waals surface area contributed by atoms with Crippen molar-refractivity contribution < 1.29 is 5.11 Å². The molecule has 0 atom stereocenters. The normalized spacial score (nSPS) is 10.3. The molecule has 16 heavy (non-hydrogen) atoms. The molecule has 5 N–H and O–H groups in total. The molecule has 5 nitrogen and oxygen atoms in total. The Morgan fingerprint density at radius 2 is 2.12 bits per heavy atom. The maximum absolute atomic E-state index is 9.06. The molecule has 1 aromatic carbocycles. The van der Waals surface area contributed by atoms with E-state index in [1.54, 1.807) is 6.20 Å². The van der Waals surface area contributed by atoms with Crippen LogP contribution in [0.3, 0.4) is 0 Å². The average Bonchev–Trinajstić information content (AvgIpc) is 2.28. The molecular formula is C11H12N4O. The van der Waals surface area contributed by atoms with Gasteiger partial charge in [-0.15, -0.1) is 0 Å². The van der Waals surface area contributed by atoms with E-state index in [9.17, 15) is 0 Å². The lowest BCUT2D eigenvalue weighted by Crippen LogP contribution is -2.22. The van der Waals surface area contributed by atoms with E-state index in [1.807, 2.05) is 24.3 Å². The van der Waals surface area contributed by atoms with Gasteiger partial charge in [0.05, 0.1) is 6.61 Å². The second-order valence-corrected chi connectivity index (χ2v) is 3.38. The number of fused-ring (bicyclic) bond motifs is 1. The first kappa shape index (κ1) is 10.4. The Balaban J connectivity index is 2.69. The quantitative estimate of drug-likeness (QED) is 0.506. The molecule has 5 heteroatoms. The number of hydrogen-bond donors (Lipinski definition) is 3. The van der Waals surface area contributed by atoms with E-state index >= 15 is 0 Å². The molecule has 0 radical (unpaired) electrons. The number of benzene rings is 1. The van der Waals surface area contributed by atoms with Gasteiger partial charge < -0.3 is 16.6 Å². The molecule has 0 amide bonds. The Morgan fingerprint density at radius 1 is 1.31 bits per heavy atom. The first-order chi connectivity index (χ1) is 7.70. The fourth-order valence-corrected chi connectivity index (χ4v) is 1.51. The van der Waals surface area contributed by atoms with Gasteiger partial charge in [-0.3, -0.25) is 0 Å². The third-order valence-corrected chi connectivity index (χ3v) is 2.23. The molecule has 2 rings (SSSR count). The van der Waals surface area contributed by atoms with Gasteiger partial charge in [0.2, 0.25) is 0 Å². The second kappa shape index (κ2) is 4.16. The lowest BCUT2D eigenvalue weighted by atomic mass is 10.1. The highest BCUT2D eigenvalue weighted by molar-refractivity contribution is 5.93. The van der Waals surface area contributed by atoms with Gasteiger partial charge in [0.15, 0.2) is 11.8 Å². The summed E-state index contributed by atoms with van der Waals surface area (Å²) in [7, 11) is 0. The number of rotatable bonds is 2. The van der Waals surface area contributed by atoms with Crippen LogP contribution in [0.25, 0.3) is 10.8 Å². The number of aliphatic hydroxyl groups excluding tert-OH is 1. The molecule has 0 aliphatic rings. The highest BCUT2D eigenvalue weighted by Crippen LogP contribution is 2.24. The van der Waals surface area contributed by atoms with Crippen LogP contribution in [0.5, 0.6) is 0 Å². The van der Waals surface area contributed by atoms with E-state index in [-0.39, 0.29) is 12.6 Å². The zero-order chi connectivity index (χ0) is 11.5. The van der Waals surface area contributed by atoms with Gasteiger partial charge in [0.25, 0.3) is 0 Å². The van der Waals surface area contributed by atoms with Crippen LogP contribution in [0.15, 0.2) is 35.5 Å². The number of pyridine rings is 1. The molecule has 0 bridgehead atoms. The van der Waals surface area contributed by atoms with E-state index in [0.29, 0.717) is 5.82 Å². The highest BCUT2D eigenvalue weighted by Gasteiger charge is 2.02. The summed E-state index contributed by atoms with van der Waals surface area (Å²) in [6.07, 6.45) is 1.64. The summed E-state index contributed by atoms with van der Waals surface area (Å²) < 4.78 is 0. The Morgan fingerprint density at radius 3 is 2.81 bits per heavy atom. The van der Waals surface area contributed by atoms with Crippen LogP contribution in [0.2, 0.25) is 0 Å². The zero-order valence-corrected chi connectivity index (χ0v) is 8.59. The van der Waals surface area contributed by atoms with Crippen molar-refractivity contribution in [1.29, 1.82) is 0 Å². The highest BCUT2D eigenvalue weighted by atomic mass is 16.3. The topological polar surface area (TPSA) is 97.5 Å². The van der Waals surface area contributed by atoms with Crippen LogP contribution in [-0.2, 0) is 6.61 Å². The summed E-state index contributed by atoms with van der Waals surface area (Å²) in [6, 6.07) is 7.43. The standard InChI is InChI=1S/C11H12N4O/c12-11(13)15-10-9-5-7(6-16)1-2-8(9)3-4-14-10/h1-5,16H,6H2,(H4,12,13,14,15). The first-order valence-electron chi connectivity index (χ1n) is 4.79. The van der Waals surface area contributed by atoms with Crippen molar-refractivity contribution in [2.24, 2.45) is 16.5 Å². The van der Waals surface area contributed by atoms with Crippen LogP contribution >= 0.6 is 0 Å². The van der Waals surface area contributed by atoms with Crippen LogP contribution < -0.4 is 11.5 Å². The Hall–Kier alpha value is -2.14. The summed E-state index contributed by atoms with van der Waals surface area (Å²) in [4.78, 5) is 8.04. The van der Waals surface area contributed by atoms with Gasteiger partial charge in [-0.2, -0.15) is 4.99 Å². The van der Waals surface area contributed by atoms with Crippen molar-refractivity contribution in [3.05, 3.63) is 36.0 Å². The fourth-order valence-electron chi connectivity index (χ4n) is 1.51. The maximum Gasteiger partial charge on any atom is 0.192 e. The largest absolute Gasteiger partial charge is 0.392 e. The molecule has 2 aromatic rings. The Bertz CT molecular complexity index is 547. The van der Waals surface area contributed by atoms with Gasteiger partial charge in [-0.05, 0) is 23.1 Å². The SMILES string of the molecule is NC(N)=Nc1nccc2ccc(CO)cc12. The minimum atomic E-state index is -0.0330. The van der Waals surface area contributed by atoms with Crippen molar-refractivity contribution in [3.63, 3.8) is 0 Å². The smallest absolute Gasteiger partial charge is 0.192 e. The van der Waals surface area contributed by atoms with E-state index < -0.39 is 0 Å². The lowest BCUT2D eigenvalue weighted by Gasteiger charge is -2.03. The van der Waals surface area contributed by atoms with Crippen molar-refractivity contribution in [2.45, 2.75) is 6.61 Å². The number of hydrogen-bond acceptors (Lipinski definition) is 3. The van der Waals surface area contributed by atoms with E-state index in [4.69, 9.17) is 16.6 Å². The van der Waals surface area contributed by atoms with Gasteiger partial charge in [0.1, 0.15) is 0 Å². The van der Waals surface area contributed by atoms with E-state index in [2.05, 4.69) is 9.98 Å². The monoisotopic (exact) mass is 216 g/mol. The van der Waals surface area contributed by atoms with Gasteiger partial charge >= 0.3 is 0 Å². The second-order valence-electron chi connectivity index (χ2n) is 3.38. The Labute approximate surface area is 92.4 Å². The average molecular weight is 216 g/mol. The molecule has 0 unspecified atom stereocenters. The van der Waals surface area contributed by atoms with Crippen LogP contribution in [0.4, 0.5) is 5.82 Å². The summed E-state index contributed by atoms with van der Waals surface area (Å²) in [5.74, 6) is 0.433. The van der Waals surface area contributed by atoms with Crippen molar-refractivity contribution in [2.75, 3.05) is 0 Å². The third kappa shape index (κ3) is 1.94. The molecule has 0 aliphatic carbocycles. The summed E-state index contributed by atoms with van der Waals surface area (Å²) >= 11 is 0. The number of guanidine groups is 1. The maximum atomic E-state index is 9.06. The summed E-state index contributed by atoms with van der Waals surface area (Å²) in [5.41, 5.74) is 11.4. The van der Waals surface area contributed by atoms with Gasteiger partial charge in [-0.1, -0.05) is 12.1 Å². The molecule has 0 aliphatic heterocycles. The molecule has 0 spiro atoms. The van der Waals surface area contributed by atoms with E-state index in [0.717, 1.165) is 16.3 Å². The number of nitrogens with two attached hydrogens (primary N) is 2. The molecule has 0 fully saturated rings. The fraction of sp³-hybridized carbons (Fsp3) is 0.0909. The lowest BCUT2D eigenvalue weighted by molar-refractivity contribution is 0.282. The van der Waals surface area contributed by atoms with Gasteiger partial charge in [0, 0.05) is 11.6 Å². The number of aliphatic hydroxyl groups is 1. The predicted molar refractivity (Wildman–Crippen MR) is 63.1 cm³/mol.